The summed E-state index contributed by atoms with van der Waals surface area (Å²) in [6, 6.07) is 6.84. The smallest absolute Gasteiger partial charge is 0.269 e. The molecule has 1 aromatic carbocycles. The van der Waals surface area contributed by atoms with E-state index in [9.17, 15) is 9.90 Å². The molecule has 0 amide bonds. The molecule has 0 aliphatic carbocycles. The molecule has 1 N–H and O–H groups in total. The van der Waals surface area contributed by atoms with Crippen LogP contribution in [0, 0.1) is 0 Å². The van der Waals surface area contributed by atoms with Gasteiger partial charge in [0.1, 0.15) is 11.0 Å². The fourth-order valence-electron chi connectivity index (χ4n) is 2.12. The molecule has 0 bridgehead atoms. The summed E-state index contributed by atoms with van der Waals surface area (Å²) in [5, 5.41) is 14.7. The van der Waals surface area contributed by atoms with E-state index in [0.29, 0.717) is 16.4 Å². The zero-order chi connectivity index (χ0) is 18.0. The van der Waals surface area contributed by atoms with Gasteiger partial charge in [-0.15, -0.1) is 0 Å². The molecule has 0 spiro atoms. The van der Waals surface area contributed by atoms with Crippen LogP contribution in [0.2, 0.25) is 10.2 Å². The van der Waals surface area contributed by atoms with E-state index in [-0.39, 0.29) is 34.0 Å². The molecule has 130 valence electrons. The third kappa shape index (κ3) is 4.27. The van der Waals surface area contributed by atoms with Crippen LogP contribution in [0.3, 0.4) is 0 Å². The zero-order valence-corrected chi connectivity index (χ0v) is 15.7. The summed E-state index contributed by atoms with van der Waals surface area (Å²) in [5.74, 6) is 0.544. The van der Waals surface area contributed by atoms with Gasteiger partial charge in [0.15, 0.2) is 11.0 Å². The number of aromatic nitrogens is 4. The minimum Gasteiger partial charge on any atom is -0.388 e. The van der Waals surface area contributed by atoms with Crippen molar-refractivity contribution in [1.29, 1.82) is 0 Å². The first-order valence-corrected chi connectivity index (χ1v) is 8.64. The van der Waals surface area contributed by atoms with Crippen LogP contribution >= 0.6 is 39.1 Å². The van der Waals surface area contributed by atoms with Gasteiger partial charge in [-0.3, -0.25) is 9.36 Å². The summed E-state index contributed by atoms with van der Waals surface area (Å²) < 4.78 is 6.56. The van der Waals surface area contributed by atoms with Gasteiger partial charge in [-0.25, -0.2) is 4.98 Å². The van der Waals surface area contributed by atoms with E-state index in [4.69, 9.17) is 27.7 Å². The van der Waals surface area contributed by atoms with Crippen LogP contribution in [-0.2, 0) is 13.0 Å². The predicted molar refractivity (Wildman–Crippen MR) is 94.7 cm³/mol. The molecule has 0 radical (unpaired) electrons. The second-order valence-electron chi connectivity index (χ2n) is 5.16. The van der Waals surface area contributed by atoms with Crippen LogP contribution in [0.4, 0.5) is 0 Å². The summed E-state index contributed by atoms with van der Waals surface area (Å²) in [6.07, 6.45) is 0.668. The highest BCUT2D eigenvalue weighted by molar-refractivity contribution is 9.10. The molecule has 1 atom stereocenters. The molecule has 2 aromatic heterocycles. The van der Waals surface area contributed by atoms with Crippen LogP contribution < -0.4 is 5.56 Å². The van der Waals surface area contributed by atoms with Gasteiger partial charge in [-0.2, -0.15) is 4.98 Å². The van der Waals surface area contributed by atoms with E-state index in [1.807, 2.05) is 0 Å². The first kappa shape index (κ1) is 18.1. The van der Waals surface area contributed by atoms with Crippen LogP contribution in [0.5, 0.6) is 0 Å². The Morgan fingerprint density at radius 1 is 1.28 bits per heavy atom. The maximum atomic E-state index is 12.0. The average Bonchev–Trinajstić information content (AvgIpc) is 3.03. The Morgan fingerprint density at radius 3 is 2.72 bits per heavy atom. The zero-order valence-electron chi connectivity index (χ0n) is 12.6. The average molecular weight is 446 g/mol. The topological polar surface area (TPSA) is 94.0 Å². The molecule has 0 fully saturated rings. The van der Waals surface area contributed by atoms with Crippen LogP contribution in [-0.4, -0.2) is 24.8 Å². The molecule has 0 saturated carbocycles. The SMILES string of the molecule is O=c1c(Br)c(Cl)ncn1Cc1nc(C[C@H](O)c2ccc(Cl)cc2)no1. The fourth-order valence-corrected chi connectivity index (χ4v) is 2.70. The summed E-state index contributed by atoms with van der Waals surface area (Å²) in [4.78, 5) is 20.1. The number of rotatable bonds is 5. The van der Waals surface area contributed by atoms with Gasteiger partial charge < -0.3 is 9.63 Å². The highest BCUT2D eigenvalue weighted by Crippen LogP contribution is 2.19. The fraction of sp³-hybridized carbons (Fsp3) is 0.200. The van der Waals surface area contributed by atoms with Crippen LogP contribution in [0.25, 0.3) is 0 Å². The Bertz CT molecular complexity index is 943. The number of aliphatic hydroxyl groups is 1. The lowest BCUT2D eigenvalue weighted by molar-refractivity contribution is 0.174. The maximum absolute atomic E-state index is 12.0. The van der Waals surface area contributed by atoms with Crippen molar-refractivity contribution in [2.24, 2.45) is 0 Å². The third-order valence-corrected chi connectivity index (χ3v) is 4.87. The van der Waals surface area contributed by atoms with E-state index < -0.39 is 6.10 Å². The lowest BCUT2D eigenvalue weighted by Crippen LogP contribution is -2.22. The van der Waals surface area contributed by atoms with Crippen LogP contribution in [0.1, 0.15) is 23.4 Å². The molecule has 0 aliphatic rings. The van der Waals surface area contributed by atoms with E-state index in [2.05, 4.69) is 31.1 Å². The van der Waals surface area contributed by atoms with Crippen molar-refractivity contribution in [2.75, 3.05) is 0 Å². The van der Waals surface area contributed by atoms with Crippen molar-refractivity contribution in [3.05, 3.63) is 72.9 Å². The van der Waals surface area contributed by atoms with Crippen molar-refractivity contribution in [1.82, 2.24) is 19.7 Å². The van der Waals surface area contributed by atoms with E-state index in [1.165, 1.54) is 10.9 Å². The molecule has 2 heterocycles. The number of hydrogen-bond donors (Lipinski definition) is 1. The second-order valence-corrected chi connectivity index (χ2v) is 6.75. The molecule has 0 aliphatic heterocycles. The summed E-state index contributed by atoms with van der Waals surface area (Å²) in [7, 11) is 0. The lowest BCUT2D eigenvalue weighted by Gasteiger charge is -2.08. The molecule has 3 aromatic rings. The van der Waals surface area contributed by atoms with Gasteiger partial charge >= 0.3 is 0 Å². The van der Waals surface area contributed by atoms with Gasteiger partial charge in [-0.1, -0.05) is 40.5 Å². The Hall–Kier alpha value is -1.74. The summed E-state index contributed by atoms with van der Waals surface area (Å²) in [6.45, 7) is 0.0473. The normalized spacial score (nSPS) is 12.3. The highest BCUT2D eigenvalue weighted by atomic mass is 79.9. The minimum absolute atomic E-state index is 0.0473. The largest absolute Gasteiger partial charge is 0.388 e. The standard InChI is InChI=1S/C15H11BrCl2N4O3/c16-13-14(18)19-7-22(15(13)24)6-12-20-11(21-25-12)5-10(23)8-1-3-9(17)4-2-8/h1-4,7,10,23H,5-6H2/t10-/m0/s1. The highest BCUT2D eigenvalue weighted by Gasteiger charge is 2.15. The van der Waals surface area contributed by atoms with Gasteiger partial charge in [0.2, 0.25) is 5.89 Å². The molecule has 7 nitrogen and oxygen atoms in total. The summed E-state index contributed by atoms with van der Waals surface area (Å²) >= 11 is 14.7. The molecule has 0 unspecified atom stereocenters. The lowest BCUT2D eigenvalue weighted by atomic mass is 10.1. The number of halogens is 3. The minimum atomic E-state index is -0.795. The predicted octanol–water partition coefficient (Wildman–Crippen LogP) is 3.02. The molecule has 3 rings (SSSR count). The number of hydrogen-bond acceptors (Lipinski definition) is 6. The molecule has 25 heavy (non-hydrogen) atoms. The van der Waals surface area contributed by atoms with Crippen LogP contribution in [0.15, 0.2) is 44.4 Å². The number of aliphatic hydroxyl groups excluding tert-OH is 1. The van der Waals surface area contributed by atoms with E-state index in [1.54, 1.807) is 24.3 Å². The molecule has 0 saturated heterocycles. The van der Waals surface area contributed by atoms with Gasteiger partial charge in [0, 0.05) is 11.4 Å². The molecular formula is C15H11BrCl2N4O3. The number of benzene rings is 1. The first-order chi connectivity index (χ1) is 11.9. The number of nitrogens with zero attached hydrogens (tertiary/aromatic N) is 4. The van der Waals surface area contributed by atoms with Gasteiger partial charge in [-0.05, 0) is 33.6 Å². The molecular weight excluding hydrogens is 435 g/mol. The Labute approximate surface area is 160 Å². The van der Waals surface area contributed by atoms with Crippen molar-refractivity contribution in [2.45, 2.75) is 19.1 Å². The van der Waals surface area contributed by atoms with Crippen molar-refractivity contribution >= 4 is 39.1 Å². The van der Waals surface area contributed by atoms with E-state index >= 15 is 0 Å². The monoisotopic (exact) mass is 444 g/mol. The Balaban J connectivity index is 1.71. The Kier molecular flexibility index (Phi) is 5.53. The van der Waals surface area contributed by atoms with Crippen molar-refractivity contribution in [3.63, 3.8) is 0 Å². The molecule has 10 heteroatoms. The summed E-state index contributed by atoms with van der Waals surface area (Å²) in [5.41, 5.74) is 0.332. The first-order valence-electron chi connectivity index (χ1n) is 7.09. The third-order valence-electron chi connectivity index (χ3n) is 3.39. The van der Waals surface area contributed by atoms with Gasteiger partial charge in [0.05, 0.1) is 12.4 Å². The van der Waals surface area contributed by atoms with E-state index in [0.717, 1.165) is 0 Å². The quantitative estimate of drug-likeness (QED) is 0.606. The maximum Gasteiger partial charge on any atom is 0.269 e. The van der Waals surface area contributed by atoms with Crippen molar-refractivity contribution < 1.29 is 9.63 Å². The second kappa shape index (κ2) is 7.65. The van der Waals surface area contributed by atoms with Crippen molar-refractivity contribution in [3.8, 4) is 0 Å². The van der Waals surface area contributed by atoms with Gasteiger partial charge in [0.25, 0.3) is 5.56 Å². The Morgan fingerprint density at radius 2 is 2.00 bits per heavy atom.